The van der Waals surface area contributed by atoms with Crippen molar-refractivity contribution < 1.29 is 19.2 Å². The number of carbonyl (C=O) groups is 4. The van der Waals surface area contributed by atoms with Crippen LogP contribution in [0.4, 0.5) is 9.80 Å². The maximum atomic E-state index is 13.0. The molecule has 4 rings (SSSR count). The topological polar surface area (TPSA) is 93.3 Å². The molecule has 1 aromatic rings. The van der Waals surface area contributed by atoms with Crippen LogP contribution in [0.15, 0.2) is 0 Å². The number of carbonyl (C=O) groups excluding carboxylic acids is 4. The summed E-state index contributed by atoms with van der Waals surface area (Å²) < 4.78 is 0. The quantitative estimate of drug-likeness (QED) is 0.758. The summed E-state index contributed by atoms with van der Waals surface area (Å²) in [6.45, 7) is 1.57. The van der Waals surface area contributed by atoms with E-state index >= 15 is 0 Å². The Morgan fingerprint density at radius 2 is 1.93 bits per heavy atom. The molecule has 0 saturated heterocycles. The van der Waals surface area contributed by atoms with Gasteiger partial charge in [-0.2, -0.15) is 0 Å². The van der Waals surface area contributed by atoms with E-state index < -0.39 is 0 Å². The molecule has 2 aliphatic heterocycles. The summed E-state index contributed by atoms with van der Waals surface area (Å²) in [5.41, 5.74) is 1.60. The Morgan fingerprint density at radius 3 is 2.60 bits per heavy atom. The minimum atomic E-state index is -0.313. The van der Waals surface area contributed by atoms with Gasteiger partial charge in [-0.15, -0.1) is 11.3 Å². The van der Waals surface area contributed by atoms with Crippen molar-refractivity contribution in [2.75, 3.05) is 52.2 Å². The van der Waals surface area contributed by atoms with Crippen LogP contribution in [0, 0.1) is 5.92 Å². The van der Waals surface area contributed by atoms with Gasteiger partial charge in [0.15, 0.2) is 0 Å². The zero-order chi connectivity index (χ0) is 21.6. The zero-order valence-electron chi connectivity index (χ0n) is 17.6. The highest BCUT2D eigenvalue weighted by Crippen LogP contribution is 2.43. The number of likely N-dealkylation sites (N-methyl/N-ethyl adjacent to an activating group) is 1. The number of hydrogen-bond donors (Lipinski definition) is 1. The van der Waals surface area contributed by atoms with Gasteiger partial charge in [0.25, 0.3) is 5.91 Å². The average Bonchev–Trinajstić information content (AvgIpc) is 3.47. The molecule has 3 heterocycles. The second kappa shape index (κ2) is 7.90. The van der Waals surface area contributed by atoms with Crippen molar-refractivity contribution in [3.05, 3.63) is 16.0 Å². The predicted molar refractivity (Wildman–Crippen MR) is 113 cm³/mol. The van der Waals surface area contributed by atoms with Gasteiger partial charge in [0.1, 0.15) is 11.5 Å². The molecule has 10 heteroatoms. The van der Waals surface area contributed by atoms with E-state index in [0.29, 0.717) is 37.5 Å². The summed E-state index contributed by atoms with van der Waals surface area (Å²) in [5.74, 6) is 0.188. The molecule has 30 heavy (non-hydrogen) atoms. The Hall–Kier alpha value is -2.62. The van der Waals surface area contributed by atoms with Crippen molar-refractivity contribution in [1.82, 2.24) is 20.0 Å². The van der Waals surface area contributed by atoms with Crippen molar-refractivity contribution >= 4 is 40.1 Å². The van der Waals surface area contributed by atoms with E-state index in [1.54, 1.807) is 30.9 Å². The molecule has 0 radical (unpaired) electrons. The predicted octanol–water partition coefficient (Wildman–Crippen LogP) is 0.733. The highest BCUT2D eigenvalue weighted by Gasteiger charge is 2.39. The van der Waals surface area contributed by atoms with E-state index in [0.717, 1.165) is 28.3 Å². The van der Waals surface area contributed by atoms with Crippen molar-refractivity contribution in [3.8, 4) is 0 Å². The van der Waals surface area contributed by atoms with Crippen LogP contribution in [0.1, 0.15) is 33.6 Å². The smallest absolute Gasteiger partial charge is 0.317 e. The summed E-state index contributed by atoms with van der Waals surface area (Å²) in [5, 5.41) is 3.34. The molecular formula is C20H27N5O4S. The van der Waals surface area contributed by atoms with Crippen LogP contribution in [-0.4, -0.2) is 85.8 Å². The Morgan fingerprint density at radius 1 is 1.20 bits per heavy atom. The number of thiophene rings is 1. The number of anilines is 1. The molecule has 3 aliphatic rings. The number of hydrogen-bond acceptors (Lipinski definition) is 5. The van der Waals surface area contributed by atoms with Crippen molar-refractivity contribution in [1.29, 1.82) is 0 Å². The molecule has 162 valence electrons. The molecule has 1 N–H and O–H groups in total. The first-order valence-electron chi connectivity index (χ1n) is 10.2. The molecule has 9 nitrogen and oxygen atoms in total. The van der Waals surface area contributed by atoms with Crippen LogP contribution in [0.25, 0.3) is 0 Å². The zero-order valence-corrected chi connectivity index (χ0v) is 18.4. The molecule has 1 aromatic heterocycles. The molecule has 0 unspecified atom stereocenters. The number of rotatable bonds is 4. The molecule has 1 saturated carbocycles. The summed E-state index contributed by atoms with van der Waals surface area (Å²) in [4.78, 5) is 57.4. The van der Waals surface area contributed by atoms with Gasteiger partial charge in [-0.1, -0.05) is 0 Å². The fourth-order valence-corrected chi connectivity index (χ4v) is 5.22. The first-order valence-corrected chi connectivity index (χ1v) is 11.0. The lowest BCUT2D eigenvalue weighted by molar-refractivity contribution is -0.131. The standard InChI is InChI=1S/C20H27N5O4S/c1-22(2)20(29)21-8-15(26)24-7-6-13-14(10-24)30-19-17(13)18(28)23(3)11-16(27)25(19)9-12-4-5-12/h12H,4-11H2,1-3H3,(H,21,29). The number of amides is 5. The number of nitrogens with one attached hydrogen (secondary N) is 1. The second-order valence-electron chi connectivity index (χ2n) is 8.41. The third-order valence-corrected chi connectivity index (χ3v) is 7.04. The molecular weight excluding hydrogens is 406 g/mol. The van der Waals surface area contributed by atoms with Gasteiger partial charge in [-0.05, 0) is 30.7 Å². The summed E-state index contributed by atoms with van der Waals surface area (Å²) >= 11 is 1.46. The van der Waals surface area contributed by atoms with Crippen LogP contribution >= 0.6 is 11.3 Å². The van der Waals surface area contributed by atoms with Crippen LogP contribution in [0.2, 0.25) is 0 Å². The van der Waals surface area contributed by atoms with Crippen molar-refractivity contribution in [3.63, 3.8) is 0 Å². The Balaban J connectivity index is 1.57. The van der Waals surface area contributed by atoms with Gasteiger partial charge in [-0.25, -0.2) is 4.79 Å². The third-order valence-electron chi connectivity index (χ3n) is 5.80. The van der Waals surface area contributed by atoms with Gasteiger partial charge in [0.05, 0.1) is 18.7 Å². The Kier molecular flexibility index (Phi) is 5.44. The fraction of sp³-hybridized carbons (Fsp3) is 0.600. The Bertz CT molecular complexity index is 907. The normalized spacial score (nSPS) is 18.7. The SMILES string of the molecule is CN(C)C(=O)NCC(=O)N1CCc2c(sc3c2C(=O)N(C)CC(=O)N3CC2CC2)C1. The maximum absolute atomic E-state index is 13.0. The highest BCUT2D eigenvalue weighted by atomic mass is 32.1. The number of nitrogens with zero attached hydrogens (tertiary/aromatic N) is 4. The monoisotopic (exact) mass is 433 g/mol. The lowest BCUT2D eigenvalue weighted by Gasteiger charge is -2.28. The molecule has 0 aromatic carbocycles. The van der Waals surface area contributed by atoms with E-state index in [1.807, 2.05) is 0 Å². The minimum Gasteiger partial charge on any atom is -0.336 e. The van der Waals surface area contributed by atoms with Crippen LogP contribution in [0.3, 0.4) is 0 Å². The van der Waals surface area contributed by atoms with Gasteiger partial charge in [-0.3, -0.25) is 14.4 Å². The number of fused-ring (bicyclic) bond motifs is 3. The Labute approximate surface area is 179 Å². The molecule has 0 atom stereocenters. The second-order valence-corrected chi connectivity index (χ2v) is 9.49. The largest absolute Gasteiger partial charge is 0.336 e. The fourth-order valence-electron chi connectivity index (χ4n) is 3.84. The third kappa shape index (κ3) is 3.88. The van der Waals surface area contributed by atoms with E-state index in [-0.39, 0.29) is 36.8 Å². The molecule has 0 spiro atoms. The first-order chi connectivity index (χ1) is 14.3. The van der Waals surface area contributed by atoms with E-state index in [9.17, 15) is 19.2 Å². The summed E-state index contributed by atoms with van der Waals surface area (Å²) in [6, 6.07) is -0.313. The van der Waals surface area contributed by atoms with Gasteiger partial charge >= 0.3 is 6.03 Å². The van der Waals surface area contributed by atoms with E-state index in [1.165, 1.54) is 21.1 Å². The highest BCUT2D eigenvalue weighted by molar-refractivity contribution is 7.17. The number of urea groups is 1. The van der Waals surface area contributed by atoms with E-state index in [4.69, 9.17) is 0 Å². The average molecular weight is 434 g/mol. The van der Waals surface area contributed by atoms with Gasteiger partial charge < -0.3 is 24.9 Å². The van der Waals surface area contributed by atoms with Crippen LogP contribution < -0.4 is 10.2 Å². The van der Waals surface area contributed by atoms with Crippen LogP contribution in [-0.2, 0) is 22.6 Å². The lowest BCUT2D eigenvalue weighted by Crippen LogP contribution is -2.44. The van der Waals surface area contributed by atoms with Gasteiger partial charge in [0, 0.05) is 39.1 Å². The van der Waals surface area contributed by atoms with Crippen molar-refractivity contribution in [2.24, 2.45) is 5.92 Å². The van der Waals surface area contributed by atoms with E-state index in [2.05, 4.69) is 5.32 Å². The summed E-state index contributed by atoms with van der Waals surface area (Å²) in [6.07, 6.45) is 2.81. The maximum Gasteiger partial charge on any atom is 0.317 e. The molecule has 1 fully saturated rings. The minimum absolute atomic E-state index is 0.0468. The molecule has 0 bridgehead atoms. The molecule has 5 amide bonds. The molecule has 1 aliphatic carbocycles. The van der Waals surface area contributed by atoms with Gasteiger partial charge in [0.2, 0.25) is 11.8 Å². The summed E-state index contributed by atoms with van der Waals surface area (Å²) in [7, 11) is 4.91. The lowest BCUT2D eigenvalue weighted by atomic mass is 10.0. The first kappa shape index (κ1) is 20.6. The van der Waals surface area contributed by atoms with Crippen molar-refractivity contribution in [2.45, 2.75) is 25.8 Å². The van der Waals surface area contributed by atoms with Crippen LogP contribution in [0.5, 0.6) is 0 Å².